The molecular formula is C48H63F3N4O2. The number of aryl methyl sites for hydroxylation is 2. The quantitative estimate of drug-likeness (QED) is 0.121. The SMILES string of the molecule is C#C.C=CNCC(F)(F)F.CC.CC(=O)C(Cc1ccccc1)CC(C#N)CN1CCN(Cc2ccc(-c3ccccc3)o2)CC1.CCCCc1ccccc1C. The van der Waals surface area contributed by atoms with Gasteiger partial charge in [-0.05, 0) is 74.6 Å². The predicted molar refractivity (Wildman–Crippen MR) is 229 cm³/mol. The summed E-state index contributed by atoms with van der Waals surface area (Å²) in [5, 5.41) is 11.7. The smallest absolute Gasteiger partial charge is 0.405 e. The van der Waals surface area contributed by atoms with Gasteiger partial charge in [-0.25, -0.2) is 0 Å². The van der Waals surface area contributed by atoms with Crippen molar-refractivity contribution >= 4 is 5.78 Å². The fraction of sp³-hybridized carbons (Fsp3) is 0.417. The fourth-order valence-electron chi connectivity index (χ4n) is 6.13. The molecule has 1 saturated heterocycles. The minimum absolute atomic E-state index is 0.105. The highest BCUT2D eigenvalue weighted by Crippen LogP contribution is 2.24. The van der Waals surface area contributed by atoms with E-state index in [1.807, 2.05) is 61.6 Å². The molecule has 0 aliphatic carbocycles. The number of hydrogen-bond acceptors (Lipinski definition) is 6. The van der Waals surface area contributed by atoms with Gasteiger partial charge in [0.15, 0.2) is 0 Å². The van der Waals surface area contributed by atoms with E-state index < -0.39 is 12.7 Å². The number of carbonyl (C=O) groups excluding carboxylic acids is 1. The van der Waals surface area contributed by atoms with Crippen molar-refractivity contribution in [2.75, 3.05) is 39.3 Å². The van der Waals surface area contributed by atoms with E-state index in [9.17, 15) is 23.2 Å². The van der Waals surface area contributed by atoms with Crippen molar-refractivity contribution < 1.29 is 22.4 Å². The van der Waals surface area contributed by atoms with Gasteiger partial charge in [0.25, 0.3) is 0 Å². The summed E-state index contributed by atoms with van der Waals surface area (Å²) in [6, 6.07) is 35.5. The molecule has 1 aliphatic rings. The number of furan rings is 1. The number of nitriles is 1. The van der Waals surface area contributed by atoms with Gasteiger partial charge in [-0.15, -0.1) is 12.8 Å². The standard InChI is InChI=1S/C29H33N3O2.C11H16.C4H6F3N.C2H6.C2H2/c1-23(33)27(18-24-8-4-2-5-9-24)19-25(20-30)21-31-14-16-32(17-15-31)22-28-12-13-29(34-28)26-10-6-3-7-11-26;1-3-4-8-11-9-6-5-7-10(11)2;1-2-8-3-4(5,6)7;2*1-2/h2-13,25,27H,14-19,21-22H2,1H3;5-7,9H,3-4,8H2,1-2H3;2,8H,1,3H2;1-2H3;1-2H. The number of nitrogens with zero attached hydrogens (tertiary/aromatic N) is 3. The number of hydrogen-bond donors (Lipinski definition) is 1. The summed E-state index contributed by atoms with van der Waals surface area (Å²) < 4.78 is 39.5. The second kappa shape index (κ2) is 29.2. The van der Waals surface area contributed by atoms with Crippen LogP contribution in [0.15, 0.2) is 114 Å². The minimum atomic E-state index is -4.13. The Morgan fingerprint density at radius 1 is 0.930 bits per heavy atom. The van der Waals surface area contributed by atoms with Gasteiger partial charge in [-0.3, -0.25) is 14.6 Å². The number of alkyl halides is 3. The Balaban J connectivity index is 0.000000578. The van der Waals surface area contributed by atoms with E-state index in [1.54, 1.807) is 6.92 Å². The molecule has 0 spiro atoms. The summed E-state index contributed by atoms with van der Waals surface area (Å²) in [6.07, 6.45) is 10.0. The molecule has 0 saturated carbocycles. The van der Waals surface area contributed by atoms with Gasteiger partial charge in [-0.1, -0.05) is 119 Å². The van der Waals surface area contributed by atoms with Gasteiger partial charge >= 0.3 is 6.18 Å². The topological polar surface area (TPSA) is 72.5 Å². The molecule has 5 rings (SSSR count). The van der Waals surface area contributed by atoms with Crippen LogP contribution in [0.2, 0.25) is 0 Å². The van der Waals surface area contributed by atoms with E-state index in [0.717, 1.165) is 68.1 Å². The van der Waals surface area contributed by atoms with Crippen LogP contribution in [0.1, 0.15) is 69.4 Å². The van der Waals surface area contributed by atoms with Gasteiger partial charge in [-0.2, -0.15) is 18.4 Å². The number of Topliss-reactive ketones (excluding diaryl/α,β-unsaturated/α-hetero) is 1. The molecule has 1 aliphatic heterocycles. The third-order valence-electron chi connectivity index (χ3n) is 9.20. The Labute approximate surface area is 340 Å². The van der Waals surface area contributed by atoms with Crippen molar-refractivity contribution in [3.63, 3.8) is 0 Å². The predicted octanol–water partition coefficient (Wildman–Crippen LogP) is 10.9. The number of halogens is 3. The zero-order valence-electron chi connectivity index (χ0n) is 34.6. The van der Waals surface area contributed by atoms with E-state index >= 15 is 0 Å². The monoisotopic (exact) mass is 784 g/mol. The van der Waals surface area contributed by atoms with Crippen LogP contribution in [0.5, 0.6) is 0 Å². The highest BCUT2D eigenvalue weighted by Gasteiger charge is 2.26. The zero-order valence-corrected chi connectivity index (χ0v) is 34.6. The van der Waals surface area contributed by atoms with Crippen LogP contribution < -0.4 is 5.32 Å². The number of rotatable bonds is 15. The molecule has 2 atom stereocenters. The van der Waals surface area contributed by atoms with E-state index in [1.165, 1.54) is 30.4 Å². The number of unbranched alkanes of at least 4 members (excludes halogenated alkanes) is 1. The van der Waals surface area contributed by atoms with Crippen molar-refractivity contribution in [3.05, 3.63) is 132 Å². The lowest BCUT2D eigenvalue weighted by molar-refractivity contribution is -0.123. The van der Waals surface area contributed by atoms with Crippen LogP contribution in [0, 0.1) is 42.9 Å². The van der Waals surface area contributed by atoms with Crippen molar-refractivity contribution in [2.45, 2.75) is 79.4 Å². The first-order chi connectivity index (χ1) is 27.5. The third-order valence-corrected chi connectivity index (χ3v) is 9.20. The van der Waals surface area contributed by atoms with E-state index in [0.29, 0.717) is 12.8 Å². The van der Waals surface area contributed by atoms with Crippen LogP contribution in [0.25, 0.3) is 11.3 Å². The largest absolute Gasteiger partial charge is 0.460 e. The molecule has 3 aromatic carbocycles. The molecule has 1 fully saturated rings. The summed E-state index contributed by atoms with van der Waals surface area (Å²) in [7, 11) is 0. The first-order valence-corrected chi connectivity index (χ1v) is 19.8. The highest BCUT2D eigenvalue weighted by atomic mass is 19.4. The molecule has 2 heterocycles. The maximum Gasteiger partial charge on any atom is 0.405 e. The third kappa shape index (κ3) is 21.1. The van der Waals surface area contributed by atoms with Crippen LogP contribution in [-0.2, 0) is 24.2 Å². The second-order valence-corrected chi connectivity index (χ2v) is 13.5. The molecule has 57 heavy (non-hydrogen) atoms. The van der Waals surface area contributed by atoms with Crippen molar-refractivity contribution in [1.82, 2.24) is 15.1 Å². The maximum atomic E-state index is 12.3. The lowest BCUT2D eigenvalue weighted by atomic mass is 9.87. The number of terminal acetylenes is 1. The summed E-state index contributed by atoms with van der Waals surface area (Å²) in [6.45, 7) is 17.4. The number of benzene rings is 3. The molecule has 6 nitrogen and oxygen atoms in total. The molecule has 1 N–H and O–H groups in total. The van der Waals surface area contributed by atoms with Gasteiger partial charge in [0.1, 0.15) is 23.8 Å². The zero-order chi connectivity index (χ0) is 42.5. The number of carbonyl (C=O) groups is 1. The lowest BCUT2D eigenvalue weighted by Gasteiger charge is -2.35. The molecular weight excluding hydrogens is 722 g/mol. The molecule has 1 aromatic heterocycles. The molecule has 0 bridgehead atoms. The van der Waals surface area contributed by atoms with Crippen molar-refractivity contribution in [1.29, 1.82) is 5.26 Å². The molecule has 2 unspecified atom stereocenters. The van der Waals surface area contributed by atoms with Gasteiger partial charge in [0, 0.05) is 44.2 Å². The Kier molecular flexibility index (Phi) is 25.6. The Bertz CT molecular complexity index is 1710. The molecule has 4 aromatic rings. The van der Waals surface area contributed by atoms with Crippen LogP contribution in [0.4, 0.5) is 13.2 Å². The number of ketones is 1. The van der Waals surface area contributed by atoms with Crippen LogP contribution in [0.3, 0.4) is 0 Å². The number of nitrogens with one attached hydrogen (secondary N) is 1. The molecule has 0 radical (unpaired) electrons. The summed E-state index contributed by atoms with van der Waals surface area (Å²) >= 11 is 0. The first-order valence-electron chi connectivity index (χ1n) is 19.8. The Hall–Kier alpha value is -5.09. The summed E-state index contributed by atoms with van der Waals surface area (Å²) in [5.41, 5.74) is 5.19. The van der Waals surface area contributed by atoms with Gasteiger partial charge < -0.3 is 9.73 Å². The normalized spacial score (nSPS) is 13.5. The molecule has 0 amide bonds. The Morgan fingerprint density at radius 2 is 1.51 bits per heavy atom. The fourth-order valence-corrected chi connectivity index (χ4v) is 6.13. The van der Waals surface area contributed by atoms with Crippen molar-refractivity contribution in [2.24, 2.45) is 11.8 Å². The minimum Gasteiger partial charge on any atom is -0.460 e. The molecule has 308 valence electrons. The van der Waals surface area contributed by atoms with E-state index in [4.69, 9.17) is 4.42 Å². The second-order valence-electron chi connectivity index (χ2n) is 13.5. The van der Waals surface area contributed by atoms with Crippen LogP contribution >= 0.6 is 0 Å². The average molecular weight is 785 g/mol. The van der Waals surface area contributed by atoms with Crippen molar-refractivity contribution in [3.8, 4) is 30.2 Å². The highest BCUT2D eigenvalue weighted by molar-refractivity contribution is 5.78. The van der Waals surface area contributed by atoms with E-state index in [2.05, 4.69) is 104 Å². The van der Waals surface area contributed by atoms with Gasteiger partial charge in [0.05, 0.1) is 18.5 Å². The van der Waals surface area contributed by atoms with E-state index in [-0.39, 0.29) is 17.6 Å². The maximum absolute atomic E-state index is 12.3. The average Bonchev–Trinajstić information content (AvgIpc) is 3.70. The summed E-state index contributed by atoms with van der Waals surface area (Å²) in [4.78, 5) is 17.0. The Morgan fingerprint density at radius 3 is 2.04 bits per heavy atom. The first kappa shape index (κ1) is 49.9. The van der Waals surface area contributed by atoms with Crippen LogP contribution in [-0.4, -0.2) is 61.0 Å². The lowest BCUT2D eigenvalue weighted by Crippen LogP contribution is -2.47. The number of piperazine rings is 1. The summed E-state index contributed by atoms with van der Waals surface area (Å²) in [5.74, 6) is 1.81. The molecule has 9 heteroatoms. The van der Waals surface area contributed by atoms with Gasteiger partial charge in [0.2, 0.25) is 0 Å².